The summed E-state index contributed by atoms with van der Waals surface area (Å²) >= 11 is 1.31. The second kappa shape index (κ2) is 4.88. The summed E-state index contributed by atoms with van der Waals surface area (Å²) < 4.78 is 0. The van der Waals surface area contributed by atoms with Crippen molar-refractivity contribution < 1.29 is 4.79 Å². The summed E-state index contributed by atoms with van der Waals surface area (Å²) in [6.45, 7) is 2.51. The summed E-state index contributed by atoms with van der Waals surface area (Å²) in [5, 5.41) is 13.5. The highest BCUT2D eigenvalue weighted by molar-refractivity contribution is 7.13. The first kappa shape index (κ1) is 10.1. The zero-order chi connectivity index (χ0) is 9.68. The molecular formula is C7H12N4OS. The number of carbonyl (C=O) groups is 1. The Labute approximate surface area is 80.6 Å². The Bertz CT molecular complexity index is 261. The average molecular weight is 200 g/mol. The van der Waals surface area contributed by atoms with Crippen molar-refractivity contribution in [3.8, 4) is 0 Å². The zero-order valence-corrected chi connectivity index (χ0v) is 8.39. The van der Waals surface area contributed by atoms with Gasteiger partial charge in [0.15, 0.2) is 0 Å². The van der Waals surface area contributed by atoms with Gasteiger partial charge in [0.05, 0.1) is 0 Å². The molecule has 0 saturated heterocycles. The molecule has 5 nitrogen and oxygen atoms in total. The smallest absolute Gasteiger partial charge is 0.230 e. The predicted molar refractivity (Wildman–Crippen MR) is 51.6 cm³/mol. The van der Waals surface area contributed by atoms with E-state index in [4.69, 9.17) is 0 Å². The number of carbonyl (C=O) groups excluding carboxylic acids is 1. The summed E-state index contributed by atoms with van der Waals surface area (Å²) in [5.41, 5.74) is 1.58. The molecule has 0 aromatic carbocycles. The lowest BCUT2D eigenvalue weighted by Gasteiger charge is -2.08. The second-order valence-electron chi connectivity index (χ2n) is 2.69. The maximum atomic E-state index is 11.4. The van der Waals surface area contributed by atoms with Gasteiger partial charge in [-0.25, -0.2) is 0 Å². The number of nitrogens with one attached hydrogen (secondary N) is 2. The zero-order valence-electron chi connectivity index (χ0n) is 7.57. The van der Waals surface area contributed by atoms with Gasteiger partial charge in [-0.05, 0) is 7.05 Å². The van der Waals surface area contributed by atoms with Gasteiger partial charge in [-0.3, -0.25) is 4.79 Å². The van der Waals surface area contributed by atoms with Crippen LogP contribution in [-0.2, 0) is 4.79 Å². The first-order valence-corrected chi connectivity index (χ1v) is 4.83. The molecule has 0 aliphatic heterocycles. The van der Waals surface area contributed by atoms with E-state index in [9.17, 15) is 4.79 Å². The normalized spacial score (nSPS) is 12.5. The number of amides is 1. The van der Waals surface area contributed by atoms with Gasteiger partial charge >= 0.3 is 0 Å². The number of rotatable bonds is 4. The van der Waals surface area contributed by atoms with Crippen LogP contribution in [0.1, 0.15) is 6.92 Å². The molecule has 6 heteroatoms. The standard InChI is InChI=1S/C7H12N4OS/c1-5(3-8-2)6(12)10-7-11-9-4-13-7/h4-5,8H,3H2,1-2H3,(H,10,11,12). The highest BCUT2D eigenvalue weighted by atomic mass is 32.1. The van der Waals surface area contributed by atoms with E-state index in [1.165, 1.54) is 11.3 Å². The van der Waals surface area contributed by atoms with Crippen LogP contribution in [0.2, 0.25) is 0 Å². The van der Waals surface area contributed by atoms with Crippen LogP contribution in [0.3, 0.4) is 0 Å². The van der Waals surface area contributed by atoms with Crippen LogP contribution < -0.4 is 10.6 Å². The average Bonchev–Trinajstić information content (AvgIpc) is 2.57. The molecule has 0 saturated carbocycles. The fourth-order valence-corrected chi connectivity index (χ4v) is 1.30. The summed E-state index contributed by atoms with van der Waals surface area (Å²) in [6, 6.07) is 0. The molecule has 1 aromatic rings. The van der Waals surface area contributed by atoms with Crippen molar-refractivity contribution in [1.29, 1.82) is 0 Å². The lowest BCUT2D eigenvalue weighted by molar-refractivity contribution is -0.119. The quantitative estimate of drug-likeness (QED) is 0.735. The number of hydrogen-bond donors (Lipinski definition) is 2. The third kappa shape index (κ3) is 3.08. The Morgan fingerprint density at radius 2 is 2.54 bits per heavy atom. The highest BCUT2D eigenvalue weighted by Gasteiger charge is 2.12. The van der Waals surface area contributed by atoms with Gasteiger partial charge in [0, 0.05) is 12.5 Å². The lowest BCUT2D eigenvalue weighted by Crippen LogP contribution is -2.28. The molecule has 1 atom stereocenters. The summed E-state index contributed by atoms with van der Waals surface area (Å²) in [5.74, 6) is -0.0972. The van der Waals surface area contributed by atoms with Crippen LogP contribution in [0, 0.1) is 5.92 Å². The maximum absolute atomic E-state index is 11.4. The third-order valence-corrected chi connectivity index (χ3v) is 2.15. The Morgan fingerprint density at radius 3 is 3.08 bits per heavy atom. The van der Waals surface area contributed by atoms with Crippen molar-refractivity contribution in [3.63, 3.8) is 0 Å². The van der Waals surface area contributed by atoms with Crippen LogP contribution in [0.15, 0.2) is 5.51 Å². The summed E-state index contributed by atoms with van der Waals surface area (Å²) in [6.07, 6.45) is 0. The van der Waals surface area contributed by atoms with E-state index < -0.39 is 0 Å². The molecule has 0 radical (unpaired) electrons. The van der Waals surface area contributed by atoms with Crippen LogP contribution in [0.5, 0.6) is 0 Å². The fraction of sp³-hybridized carbons (Fsp3) is 0.571. The van der Waals surface area contributed by atoms with Crippen LogP contribution in [0.25, 0.3) is 0 Å². The summed E-state index contributed by atoms with van der Waals surface area (Å²) in [4.78, 5) is 11.4. The van der Waals surface area contributed by atoms with Crippen molar-refractivity contribution in [2.75, 3.05) is 18.9 Å². The maximum Gasteiger partial charge on any atom is 0.230 e. The van der Waals surface area contributed by atoms with Gasteiger partial charge in [0.25, 0.3) is 0 Å². The molecule has 1 heterocycles. The minimum atomic E-state index is -0.0612. The lowest BCUT2D eigenvalue weighted by atomic mass is 10.2. The minimum Gasteiger partial charge on any atom is -0.319 e. The number of aromatic nitrogens is 2. The molecule has 13 heavy (non-hydrogen) atoms. The van der Waals surface area contributed by atoms with Crippen molar-refractivity contribution in [1.82, 2.24) is 15.5 Å². The van der Waals surface area contributed by atoms with Gasteiger partial charge < -0.3 is 10.6 Å². The van der Waals surface area contributed by atoms with Gasteiger partial charge in [-0.2, -0.15) is 0 Å². The van der Waals surface area contributed by atoms with Crippen LogP contribution in [-0.4, -0.2) is 29.7 Å². The van der Waals surface area contributed by atoms with Crippen LogP contribution >= 0.6 is 11.3 Å². The number of nitrogens with zero attached hydrogens (tertiary/aromatic N) is 2. The van der Waals surface area contributed by atoms with E-state index >= 15 is 0 Å². The molecule has 1 aromatic heterocycles. The Kier molecular flexibility index (Phi) is 3.78. The van der Waals surface area contributed by atoms with Crippen molar-refractivity contribution in [2.24, 2.45) is 5.92 Å². The first-order valence-electron chi connectivity index (χ1n) is 3.95. The monoisotopic (exact) mass is 200 g/mol. The van der Waals surface area contributed by atoms with E-state index in [-0.39, 0.29) is 11.8 Å². The highest BCUT2D eigenvalue weighted by Crippen LogP contribution is 2.09. The van der Waals surface area contributed by atoms with E-state index in [1.807, 2.05) is 14.0 Å². The molecule has 0 spiro atoms. The van der Waals surface area contributed by atoms with E-state index in [1.54, 1.807) is 5.51 Å². The molecule has 2 N–H and O–H groups in total. The molecule has 1 unspecified atom stereocenters. The van der Waals surface area contributed by atoms with Crippen LogP contribution in [0.4, 0.5) is 5.13 Å². The minimum absolute atomic E-state index is 0.0360. The Balaban J connectivity index is 2.41. The van der Waals surface area contributed by atoms with E-state index in [0.29, 0.717) is 11.7 Å². The molecule has 72 valence electrons. The Morgan fingerprint density at radius 1 is 1.77 bits per heavy atom. The number of hydrogen-bond acceptors (Lipinski definition) is 5. The van der Waals surface area contributed by atoms with Gasteiger partial charge in [0.2, 0.25) is 11.0 Å². The van der Waals surface area contributed by atoms with Gasteiger partial charge in [-0.1, -0.05) is 18.3 Å². The van der Waals surface area contributed by atoms with Crippen molar-refractivity contribution in [3.05, 3.63) is 5.51 Å². The molecule has 1 amide bonds. The SMILES string of the molecule is CNCC(C)C(=O)Nc1nncs1. The molecule has 0 fully saturated rings. The number of anilines is 1. The summed E-state index contributed by atoms with van der Waals surface area (Å²) in [7, 11) is 1.81. The molecule has 0 aliphatic carbocycles. The molecule has 0 aliphatic rings. The van der Waals surface area contributed by atoms with Gasteiger partial charge in [-0.15, -0.1) is 10.2 Å². The van der Waals surface area contributed by atoms with E-state index in [0.717, 1.165) is 0 Å². The largest absolute Gasteiger partial charge is 0.319 e. The third-order valence-electron chi connectivity index (χ3n) is 1.55. The molecule has 0 bridgehead atoms. The predicted octanol–water partition coefficient (Wildman–Crippen LogP) is 0.332. The van der Waals surface area contributed by atoms with Gasteiger partial charge in [0.1, 0.15) is 5.51 Å². The second-order valence-corrected chi connectivity index (χ2v) is 3.53. The Hall–Kier alpha value is -1.01. The van der Waals surface area contributed by atoms with Crippen molar-refractivity contribution in [2.45, 2.75) is 6.92 Å². The van der Waals surface area contributed by atoms with Crippen molar-refractivity contribution >= 4 is 22.4 Å². The molecule has 1 rings (SSSR count). The fourth-order valence-electron chi connectivity index (χ4n) is 0.855. The molecular weight excluding hydrogens is 188 g/mol. The topological polar surface area (TPSA) is 66.9 Å². The van der Waals surface area contributed by atoms with E-state index in [2.05, 4.69) is 20.8 Å². The first-order chi connectivity index (χ1) is 6.24.